The van der Waals surface area contributed by atoms with Gasteiger partial charge in [-0.1, -0.05) is 20.8 Å². The van der Waals surface area contributed by atoms with Crippen molar-refractivity contribution in [2.45, 2.75) is 51.7 Å². The van der Waals surface area contributed by atoms with Crippen molar-refractivity contribution in [3.63, 3.8) is 0 Å². The average molecular weight is 480 g/mol. The van der Waals surface area contributed by atoms with Gasteiger partial charge in [0, 0.05) is 17.5 Å². The molecule has 2 fully saturated rings. The number of carbonyl (C=O) groups excluding carboxylic acids is 3. The monoisotopic (exact) mass is 480 g/mol. The Bertz CT molecular complexity index is 1250. The van der Waals surface area contributed by atoms with E-state index in [1.165, 1.54) is 0 Å². The molecule has 11 heteroatoms. The highest BCUT2D eigenvalue weighted by Gasteiger charge is 2.56. The number of nitrogens with one attached hydrogen (secondary N) is 1. The van der Waals surface area contributed by atoms with E-state index in [1.54, 1.807) is 0 Å². The molecule has 1 aliphatic carbocycles. The number of alkyl halides is 3. The minimum absolute atomic E-state index is 0.179. The van der Waals surface area contributed by atoms with Crippen LogP contribution in [0.3, 0.4) is 0 Å². The quantitative estimate of drug-likeness (QED) is 0.310. The van der Waals surface area contributed by atoms with Gasteiger partial charge < -0.3 is 14.5 Å². The summed E-state index contributed by atoms with van der Waals surface area (Å²) in [4.78, 5) is 50.5. The molecule has 1 aromatic carbocycles. The number of benzene rings is 1. The fraction of sp³-hybridized carbons (Fsp3) is 0.478. The molecule has 3 amide bonds. The number of urea groups is 1. The number of amides is 3. The van der Waals surface area contributed by atoms with Gasteiger partial charge in [-0.2, -0.15) is 13.2 Å². The predicted molar refractivity (Wildman–Crippen MR) is 113 cm³/mol. The molecule has 0 unspecified atom stereocenters. The number of esters is 1. The number of imide groups is 1. The third kappa shape index (κ3) is 4.38. The lowest BCUT2D eigenvalue weighted by Gasteiger charge is -2.43. The van der Waals surface area contributed by atoms with Crippen LogP contribution in [0.1, 0.15) is 45.6 Å². The van der Waals surface area contributed by atoms with Gasteiger partial charge in [0.25, 0.3) is 5.91 Å². The van der Waals surface area contributed by atoms with Crippen LogP contribution in [-0.2, 0) is 15.8 Å². The summed E-state index contributed by atoms with van der Waals surface area (Å²) in [5.41, 5.74) is -4.07. The van der Waals surface area contributed by atoms with Crippen LogP contribution in [0.5, 0.6) is 5.75 Å². The zero-order valence-corrected chi connectivity index (χ0v) is 18.7. The van der Waals surface area contributed by atoms with E-state index in [2.05, 4.69) is 5.32 Å². The zero-order valence-electron chi connectivity index (χ0n) is 18.7. The molecule has 1 N–H and O–H groups in total. The van der Waals surface area contributed by atoms with E-state index in [-0.39, 0.29) is 22.5 Å². The predicted octanol–water partition coefficient (Wildman–Crippen LogP) is 3.85. The molecule has 2 aromatic rings. The van der Waals surface area contributed by atoms with Gasteiger partial charge in [0.05, 0.1) is 5.56 Å². The van der Waals surface area contributed by atoms with Crippen molar-refractivity contribution in [1.29, 1.82) is 0 Å². The minimum Gasteiger partial charge on any atom is -0.425 e. The van der Waals surface area contributed by atoms with Crippen LogP contribution in [0.4, 0.5) is 18.0 Å². The second kappa shape index (κ2) is 7.85. The van der Waals surface area contributed by atoms with Gasteiger partial charge in [-0.15, -0.1) is 0 Å². The van der Waals surface area contributed by atoms with Crippen LogP contribution >= 0.6 is 0 Å². The summed E-state index contributed by atoms with van der Waals surface area (Å²) in [7, 11) is 0. The molecule has 4 rings (SSSR count). The molecule has 1 saturated carbocycles. The Balaban J connectivity index is 1.52. The summed E-state index contributed by atoms with van der Waals surface area (Å²) in [6, 6.07) is 2.73. The van der Waals surface area contributed by atoms with E-state index in [0.29, 0.717) is 18.9 Å². The highest BCUT2D eigenvalue weighted by Crippen LogP contribution is 2.46. The maximum atomic E-state index is 13.2. The van der Waals surface area contributed by atoms with Crippen LogP contribution in [0.25, 0.3) is 11.0 Å². The number of halogens is 3. The molecule has 34 heavy (non-hydrogen) atoms. The van der Waals surface area contributed by atoms with Gasteiger partial charge in [-0.3, -0.25) is 9.69 Å². The smallest absolute Gasteiger partial charge is 0.417 e. The molecule has 8 nitrogen and oxygen atoms in total. The van der Waals surface area contributed by atoms with Gasteiger partial charge in [-0.05, 0) is 42.7 Å². The molecule has 1 aromatic heterocycles. The van der Waals surface area contributed by atoms with Crippen molar-refractivity contribution >= 4 is 28.9 Å². The average Bonchev–Trinajstić information content (AvgIpc) is 2.88. The van der Waals surface area contributed by atoms with Crippen molar-refractivity contribution in [1.82, 2.24) is 10.2 Å². The van der Waals surface area contributed by atoms with Crippen molar-refractivity contribution < 1.29 is 36.7 Å². The number of rotatable bonds is 3. The van der Waals surface area contributed by atoms with E-state index >= 15 is 0 Å². The first-order valence-corrected chi connectivity index (χ1v) is 10.7. The summed E-state index contributed by atoms with van der Waals surface area (Å²) in [6.07, 6.45) is -2.99. The first-order valence-electron chi connectivity index (χ1n) is 10.7. The van der Waals surface area contributed by atoms with E-state index in [0.717, 1.165) is 29.5 Å². The number of fused-ring (bicyclic) bond motifs is 1. The fourth-order valence-corrected chi connectivity index (χ4v) is 5.38. The van der Waals surface area contributed by atoms with E-state index < -0.39 is 52.9 Å². The maximum absolute atomic E-state index is 13.2. The molecule has 0 bridgehead atoms. The molecular weight excluding hydrogens is 457 g/mol. The molecule has 1 saturated heterocycles. The SMILES string of the molecule is C[C@H]1CC(C)(C)C[C@]2(C1)NC(=O)N(CC(=O)Oc1ccc3c(C(F)(F)F)cc(=O)oc3c1)C2=O. The Morgan fingerprint density at radius 3 is 2.56 bits per heavy atom. The lowest BCUT2D eigenvalue weighted by Crippen LogP contribution is -2.54. The summed E-state index contributed by atoms with van der Waals surface area (Å²) < 4.78 is 49.5. The Kier molecular flexibility index (Phi) is 5.49. The third-order valence-corrected chi connectivity index (χ3v) is 6.16. The van der Waals surface area contributed by atoms with Crippen molar-refractivity contribution in [3.05, 3.63) is 40.2 Å². The summed E-state index contributed by atoms with van der Waals surface area (Å²) in [5.74, 6) is -1.49. The lowest BCUT2D eigenvalue weighted by atomic mass is 9.64. The first kappa shape index (κ1) is 23.8. The standard InChI is InChI=1S/C23H23F3N2O6/c1-12-8-21(2,3)11-22(9-12)19(31)28(20(32)27-22)10-18(30)33-13-4-5-14-15(23(24,25)26)7-17(29)34-16(14)6-13/h4-7,12H,8-11H2,1-3H3,(H,27,32)/t12-,22-/m0/s1. The molecular formula is C23H23F3N2O6. The Labute approximate surface area is 192 Å². The topological polar surface area (TPSA) is 106 Å². The second-order valence-corrected chi connectivity index (χ2v) is 9.87. The maximum Gasteiger partial charge on any atom is 0.417 e. The third-order valence-electron chi connectivity index (χ3n) is 6.16. The highest BCUT2D eigenvalue weighted by atomic mass is 19.4. The van der Waals surface area contributed by atoms with Crippen LogP contribution in [0.2, 0.25) is 0 Å². The normalized spacial score (nSPS) is 24.5. The van der Waals surface area contributed by atoms with Crippen LogP contribution < -0.4 is 15.7 Å². The lowest BCUT2D eigenvalue weighted by molar-refractivity contribution is -0.142. The molecule has 1 aliphatic heterocycles. The molecule has 0 radical (unpaired) electrons. The van der Waals surface area contributed by atoms with E-state index in [1.807, 2.05) is 20.8 Å². The summed E-state index contributed by atoms with van der Waals surface area (Å²) in [6.45, 7) is 5.36. The zero-order chi connectivity index (χ0) is 25.1. The van der Waals surface area contributed by atoms with Crippen molar-refractivity contribution in [2.75, 3.05) is 6.54 Å². The van der Waals surface area contributed by atoms with Crippen LogP contribution in [0.15, 0.2) is 33.5 Å². The number of hydrogen-bond acceptors (Lipinski definition) is 6. The largest absolute Gasteiger partial charge is 0.425 e. The first-order chi connectivity index (χ1) is 15.7. The van der Waals surface area contributed by atoms with Gasteiger partial charge in [0.2, 0.25) is 0 Å². The molecule has 182 valence electrons. The minimum atomic E-state index is -4.78. The van der Waals surface area contributed by atoms with Gasteiger partial charge in [-0.25, -0.2) is 14.4 Å². The van der Waals surface area contributed by atoms with Crippen molar-refractivity contribution in [3.8, 4) is 5.75 Å². The van der Waals surface area contributed by atoms with E-state index in [4.69, 9.17) is 9.15 Å². The molecule has 2 heterocycles. The van der Waals surface area contributed by atoms with Gasteiger partial charge in [0.1, 0.15) is 23.4 Å². The van der Waals surface area contributed by atoms with E-state index in [9.17, 15) is 32.3 Å². The van der Waals surface area contributed by atoms with Crippen LogP contribution in [-0.4, -0.2) is 34.9 Å². The molecule has 2 atom stereocenters. The van der Waals surface area contributed by atoms with Crippen LogP contribution in [0, 0.1) is 11.3 Å². The highest BCUT2D eigenvalue weighted by molar-refractivity contribution is 6.09. The Morgan fingerprint density at radius 2 is 1.91 bits per heavy atom. The Hall–Kier alpha value is -3.37. The Morgan fingerprint density at radius 1 is 1.21 bits per heavy atom. The van der Waals surface area contributed by atoms with Crippen molar-refractivity contribution in [2.24, 2.45) is 11.3 Å². The number of hydrogen-bond donors (Lipinski definition) is 1. The fourth-order valence-electron chi connectivity index (χ4n) is 5.38. The number of ether oxygens (including phenoxy) is 1. The van der Waals surface area contributed by atoms with Gasteiger partial charge in [0.15, 0.2) is 0 Å². The number of carbonyl (C=O) groups is 3. The van der Waals surface area contributed by atoms with Gasteiger partial charge >= 0.3 is 23.8 Å². The molecule has 1 spiro atoms. The summed E-state index contributed by atoms with van der Waals surface area (Å²) in [5, 5.41) is 2.37. The summed E-state index contributed by atoms with van der Waals surface area (Å²) >= 11 is 0. The molecule has 2 aliphatic rings. The number of nitrogens with zero attached hydrogens (tertiary/aromatic N) is 1. The second-order valence-electron chi connectivity index (χ2n) is 9.87.